The predicted octanol–water partition coefficient (Wildman–Crippen LogP) is 11.2. The number of para-hydroxylation sites is 3. The van der Waals surface area contributed by atoms with Crippen molar-refractivity contribution in [2.75, 3.05) is 9.80 Å². The molecule has 0 amide bonds. The quantitative estimate of drug-likeness (QED) is 0.143. The fourth-order valence-corrected chi connectivity index (χ4v) is 5.47. The Morgan fingerprint density at radius 1 is 0.561 bits per heavy atom. The second-order valence-electron chi connectivity index (χ2n) is 9.83. The standard InChI is InChI=1S/C39H32N2/c1-3-5-17-31(4-2)41(34-22-13-8-14-23-34)39-28-30-26-27-35(29-38(30)36-24-15-16-25-37(36)39)40(32-18-9-6-10-19-32)33-20-11-7-12-21-33/h3-29H,1H2,2H3/b17-5-,31-4+. The van der Waals surface area contributed by atoms with Crippen LogP contribution in [0.1, 0.15) is 6.92 Å². The third-order valence-corrected chi connectivity index (χ3v) is 7.32. The van der Waals surface area contributed by atoms with Crippen LogP contribution in [0.3, 0.4) is 0 Å². The lowest BCUT2D eigenvalue weighted by Gasteiger charge is -2.29. The van der Waals surface area contributed by atoms with Gasteiger partial charge < -0.3 is 9.80 Å². The second kappa shape index (κ2) is 11.8. The zero-order chi connectivity index (χ0) is 28.0. The van der Waals surface area contributed by atoms with E-state index in [1.807, 2.05) is 12.2 Å². The minimum absolute atomic E-state index is 1.08. The summed E-state index contributed by atoms with van der Waals surface area (Å²) >= 11 is 0. The summed E-state index contributed by atoms with van der Waals surface area (Å²) in [5, 5.41) is 4.81. The zero-order valence-corrected chi connectivity index (χ0v) is 23.2. The van der Waals surface area contributed by atoms with E-state index in [0.717, 1.165) is 34.1 Å². The first-order valence-electron chi connectivity index (χ1n) is 13.9. The number of anilines is 5. The number of rotatable bonds is 8. The molecule has 0 unspecified atom stereocenters. The first-order chi connectivity index (χ1) is 20.3. The summed E-state index contributed by atoms with van der Waals surface area (Å²) in [4.78, 5) is 4.65. The zero-order valence-electron chi connectivity index (χ0n) is 23.2. The molecule has 0 N–H and O–H groups in total. The van der Waals surface area contributed by atoms with Gasteiger partial charge in [-0.2, -0.15) is 0 Å². The fraction of sp³-hybridized carbons (Fsp3) is 0.0256. The summed E-state index contributed by atoms with van der Waals surface area (Å²) in [6.07, 6.45) is 8.06. The third-order valence-electron chi connectivity index (χ3n) is 7.32. The van der Waals surface area contributed by atoms with Crippen LogP contribution in [0.4, 0.5) is 28.4 Å². The van der Waals surface area contributed by atoms with Crippen LogP contribution >= 0.6 is 0 Å². The summed E-state index contributed by atoms with van der Waals surface area (Å²) in [6.45, 7) is 5.97. The van der Waals surface area contributed by atoms with Crippen LogP contribution in [0.25, 0.3) is 21.5 Å². The minimum Gasteiger partial charge on any atom is -0.310 e. The molecule has 2 heteroatoms. The summed E-state index contributed by atoms with van der Waals surface area (Å²) in [5.41, 5.74) is 6.70. The van der Waals surface area contributed by atoms with Gasteiger partial charge in [0.15, 0.2) is 0 Å². The van der Waals surface area contributed by atoms with Gasteiger partial charge in [0.05, 0.1) is 5.69 Å². The van der Waals surface area contributed by atoms with Crippen LogP contribution < -0.4 is 9.80 Å². The van der Waals surface area contributed by atoms with Gasteiger partial charge in [0.1, 0.15) is 0 Å². The summed E-state index contributed by atoms with van der Waals surface area (Å²) in [6, 6.07) is 49.5. The fourth-order valence-electron chi connectivity index (χ4n) is 5.47. The van der Waals surface area contributed by atoms with Crippen molar-refractivity contribution >= 4 is 50.0 Å². The van der Waals surface area contributed by atoms with Crippen LogP contribution in [0.15, 0.2) is 176 Å². The van der Waals surface area contributed by atoms with Gasteiger partial charge in [-0.3, -0.25) is 0 Å². The number of allylic oxidation sites excluding steroid dienone is 4. The maximum absolute atomic E-state index is 3.89. The van der Waals surface area contributed by atoms with Crippen molar-refractivity contribution < 1.29 is 0 Å². The van der Waals surface area contributed by atoms with Crippen LogP contribution in [0.5, 0.6) is 0 Å². The van der Waals surface area contributed by atoms with E-state index in [1.165, 1.54) is 21.5 Å². The minimum atomic E-state index is 1.08. The monoisotopic (exact) mass is 528 g/mol. The molecule has 0 heterocycles. The average Bonchev–Trinajstić information content (AvgIpc) is 3.04. The lowest BCUT2D eigenvalue weighted by Crippen LogP contribution is -2.15. The Morgan fingerprint density at radius 3 is 1.71 bits per heavy atom. The van der Waals surface area contributed by atoms with E-state index >= 15 is 0 Å². The molecule has 41 heavy (non-hydrogen) atoms. The highest BCUT2D eigenvalue weighted by Gasteiger charge is 2.19. The first-order valence-corrected chi connectivity index (χ1v) is 13.9. The molecule has 0 spiro atoms. The van der Waals surface area contributed by atoms with Crippen LogP contribution in [0.2, 0.25) is 0 Å². The summed E-state index contributed by atoms with van der Waals surface area (Å²) in [7, 11) is 0. The Hall–Kier alpha value is -5.34. The largest absolute Gasteiger partial charge is 0.310 e. The predicted molar refractivity (Wildman–Crippen MR) is 178 cm³/mol. The van der Waals surface area contributed by atoms with Crippen molar-refractivity contribution in [2.45, 2.75) is 6.92 Å². The normalized spacial score (nSPS) is 11.7. The van der Waals surface area contributed by atoms with Gasteiger partial charge in [-0.25, -0.2) is 0 Å². The molecular formula is C39H32N2. The SMILES string of the molecule is C=C/C=C\C(=C/C)N(c1ccccc1)c1cc2ccc(N(c3ccccc3)c3ccccc3)cc2c2ccccc12. The molecule has 0 bridgehead atoms. The Balaban J connectivity index is 1.59. The van der Waals surface area contributed by atoms with Crippen LogP contribution in [-0.4, -0.2) is 0 Å². The van der Waals surface area contributed by atoms with Gasteiger partial charge in [-0.15, -0.1) is 0 Å². The maximum atomic E-state index is 3.89. The number of hydrogen-bond donors (Lipinski definition) is 0. The molecule has 0 aromatic heterocycles. The number of benzene rings is 6. The molecule has 0 saturated carbocycles. The van der Waals surface area contributed by atoms with Crippen molar-refractivity contribution in [1.82, 2.24) is 0 Å². The van der Waals surface area contributed by atoms with E-state index < -0.39 is 0 Å². The third kappa shape index (κ3) is 5.16. The van der Waals surface area contributed by atoms with E-state index in [0.29, 0.717) is 0 Å². The van der Waals surface area contributed by atoms with Crippen molar-refractivity contribution in [3.8, 4) is 0 Å². The van der Waals surface area contributed by atoms with E-state index in [2.05, 4.69) is 175 Å². The maximum Gasteiger partial charge on any atom is 0.0546 e. The van der Waals surface area contributed by atoms with E-state index in [9.17, 15) is 0 Å². The number of hydrogen-bond acceptors (Lipinski definition) is 2. The topological polar surface area (TPSA) is 6.48 Å². The lowest BCUT2D eigenvalue weighted by atomic mass is 9.98. The van der Waals surface area contributed by atoms with E-state index in [4.69, 9.17) is 0 Å². The first kappa shape index (κ1) is 25.9. The summed E-state index contributed by atoms with van der Waals surface area (Å²) in [5.74, 6) is 0. The molecule has 0 radical (unpaired) electrons. The van der Waals surface area contributed by atoms with Gasteiger partial charge in [0.25, 0.3) is 0 Å². The molecule has 6 rings (SSSR count). The Labute approximate surface area is 242 Å². The highest BCUT2D eigenvalue weighted by Crippen LogP contribution is 2.42. The van der Waals surface area contributed by atoms with Crippen molar-refractivity contribution in [3.63, 3.8) is 0 Å². The van der Waals surface area contributed by atoms with Gasteiger partial charge in [0.2, 0.25) is 0 Å². The van der Waals surface area contributed by atoms with Crippen molar-refractivity contribution in [2.24, 2.45) is 0 Å². The molecule has 0 aliphatic carbocycles. The smallest absolute Gasteiger partial charge is 0.0546 e. The number of fused-ring (bicyclic) bond motifs is 3. The Morgan fingerprint density at radius 2 is 1.12 bits per heavy atom. The van der Waals surface area contributed by atoms with Crippen molar-refractivity contribution in [3.05, 3.63) is 176 Å². The Bertz CT molecular complexity index is 1810. The molecule has 0 fully saturated rings. The average molecular weight is 529 g/mol. The molecule has 0 saturated heterocycles. The molecule has 0 aliphatic rings. The van der Waals surface area contributed by atoms with Crippen LogP contribution in [-0.2, 0) is 0 Å². The summed E-state index contributed by atoms with van der Waals surface area (Å²) < 4.78 is 0. The van der Waals surface area contributed by atoms with Crippen LogP contribution in [0, 0.1) is 0 Å². The van der Waals surface area contributed by atoms with E-state index in [1.54, 1.807) is 0 Å². The molecule has 6 aromatic carbocycles. The Kier molecular flexibility index (Phi) is 7.46. The lowest BCUT2D eigenvalue weighted by molar-refractivity contribution is 1.21. The van der Waals surface area contributed by atoms with Gasteiger partial charge in [-0.1, -0.05) is 110 Å². The van der Waals surface area contributed by atoms with Gasteiger partial charge >= 0.3 is 0 Å². The van der Waals surface area contributed by atoms with E-state index in [-0.39, 0.29) is 0 Å². The van der Waals surface area contributed by atoms with Gasteiger partial charge in [-0.05, 0) is 83.8 Å². The molecule has 198 valence electrons. The molecule has 2 nitrogen and oxygen atoms in total. The number of nitrogens with zero attached hydrogens (tertiary/aromatic N) is 2. The molecular weight excluding hydrogens is 496 g/mol. The molecule has 6 aromatic rings. The highest BCUT2D eigenvalue weighted by atomic mass is 15.2. The second-order valence-corrected chi connectivity index (χ2v) is 9.83. The highest BCUT2D eigenvalue weighted by molar-refractivity contribution is 6.15. The van der Waals surface area contributed by atoms with Gasteiger partial charge in [0, 0.05) is 33.8 Å². The molecule has 0 aliphatic heterocycles. The molecule has 0 atom stereocenters. The van der Waals surface area contributed by atoms with Crippen molar-refractivity contribution in [1.29, 1.82) is 0 Å².